The largest absolute Gasteiger partial charge is 0.329 e. The van der Waals surface area contributed by atoms with Gasteiger partial charge in [-0.2, -0.15) is 0 Å². The number of nitrogens with one attached hydrogen (secondary N) is 1. The molecular formula is C16H12N4S. The zero-order valence-electron chi connectivity index (χ0n) is 11.4. The van der Waals surface area contributed by atoms with Gasteiger partial charge < -0.3 is 4.98 Å². The lowest BCUT2D eigenvalue weighted by molar-refractivity contribution is 1.05. The quantitative estimate of drug-likeness (QED) is 0.540. The first kappa shape index (κ1) is 12.2. The van der Waals surface area contributed by atoms with Crippen molar-refractivity contribution in [3.63, 3.8) is 0 Å². The maximum Gasteiger partial charge on any atom is 0.184 e. The van der Waals surface area contributed by atoms with E-state index in [0.717, 1.165) is 33.3 Å². The Labute approximate surface area is 126 Å². The summed E-state index contributed by atoms with van der Waals surface area (Å²) < 4.78 is 2.61. The van der Waals surface area contributed by atoms with Crippen LogP contribution >= 0.6 is 12.2 Å². The Morgan fingerprint density at radius 3 is 2.90 bits per heavy atom. The minimum Gasteiger partial charge on any atom is -0.329 e. The summed E-state index contributed by atoms with van der Waals surface area (Å²) in [6, 6.07) is 12.0. The van der Waals surface area contributed by atoms with Gasteiger partial charge in [0.25, 0.3) is 0 Å². The van der Waals surface area contributed by atoms with Crippen LogP contribution in [0.2, 0.25) is 0 Å². The number of pyridine rings is 2. The number of aromatic nitrogens is 4. The van der Waals surface area contributed by atoms with Crippen molar-refractivity contribution in [1.82, 2.24) is 19.5 Å². The maximum absolute atomic E-state index is 5.47. The lowest BCUT2D eigenvalue weighted by atomic mass is 10.2. The van der Waals surface area contributed by atoms with Crippen LogP contribution in [-0.2, 0) is 0 Å². The number of hydrogen-bond acceptors (Lipinski definition) is 3. The molecule has 0 amide bonds. The van der Waals surface area contributed by atoms with E-state index in [-0.39, 0.29) is 0 Å². The third-order valence-corrected chi connectivity index (χ3v) is 3.92. The van der Waals surface area contributed by atoms with Crippen LogP contribution in [0.15, 0.2) is 48.8 Å². The van der Waals surface area contributed by atoms with Crippen LogP contribution < -0.4 is 0 Å². The summed E-state index contributed by atoms with van der Waals surface area (Å²) >= 11 is 5.47. The van der Waals surface area contributed by atoms with E-state index >= 15 is 0 Å². The molecule has 0 aliphatic rings. The SMILES string of the molecule is Cc1ccnc2c1[nH]c(=S)n2-c1ccc2ncccc2c1. The molecule has 0 saturated carbocycles. The Hall–Kier alpha value is -2.53. The van der Waals surface area contributed by atoms with E-state index in [1.807, 2.05) is 41.8 Å². The highest BCUT2D eigenvalue weighted by atomic mass is 32.1. The molecule has 21 heavy (non-hydrogen) atoms. The number of benzene rings is 1. The third kappa shape index (κ3) is 1.86. The molecule has 0 saturated heterocycles. The van der Waals surface area contributed by atoms with Gasteiger partial charge in [0, 0.05) is 17.8 Å². The molecule has 4 aromatic rings. The highest BCUT2D eigenvalue weighted by Crippen LogP contribution is 2.22. The van der Waals surface area contributed by atoms with Gasteiger partial charge in [0.15, 0.2) is 10.4 Å². The molecule has 102 valence electrons. The molecule has 0 aliphatic heterocycles. The van der Waals surface area contributed by atoms with Gasteiger partial charge in [0.2, 0.25) is 0 Å². The van der Waals surface area contributed by atoms with Gasteiger partial charge in [0.05, 0.1) is 16.7 Å². The summed E-state index contributed by atoms with van der Waals surface area (Å²) in [6.07, 6.45) is 3.60. The van der Waals surface area contributed by atoms with Crippen LogP contribution in [0.1, 0.15) is 5.56 Å². The Morgan fingerprint density at radius 1 is 1.10 bits per heavy atom. The molecule has 0 radical (unpaired) electrons. The first-order valence-corrected chi connectivity index (χ1v) is 7.06. The molecule has 5 heteroatoms. The van der Waals surface area contributed by atoms with Gasteiger partial charge in [-0.25, -0.2) is 4.98 Å². The smallest absolute Gasteiger partial charge is 0.184 e. The van der Waals surface area contributed by atoms with Crippen molar-refractivity contribution in [2.75, 3.05) is 0 Å². The number of hydrogen-bond donors (Lipinski definition) is 1. The van der Waals surface area contributed by atoms with Crippen LogP contribution in [0.4, 0.5) is 0 Å². The summed E-state index contributed by atoms with van der Waals surface area (Å²) in [5.74, 6) is 0. The van der Waals surface area contributed by atoms with Crippen molar-refractivity contribution < 1.29 is 0 Å². The molecule has 4 nitrogen and oxygen atoms in total. The van der Waals surface area contributed by atoms with Crippen molar-refractivity contribution in [2.24, 2.45) is 0 Å². The molecule has 1 aromatic carbocycles. The number of aryl methyl sites for hydroxylation is 1. The van der Waals surface area contributed by atoms with E-state index in [9.17, 15) is 0 Å². The number of nitrogens with zero attached hydrogens (tertiary/aromatic N) is 3. The molecule has 3 aromatic heterocycles. The predicted octanol–water partition coefficient (Wildman–Crippen LogP) is 3.94. The van der Waals surface area contributed by atoms with Gasteiger partial charge >= 0.3 is 0 Å². The number of fused-ring (bicyclic) bond motifs is 2. The zero-order chi connectivity index (χ0) is 14.4. The number of rotatable bonds is 1. The first-order valence-electron chi connectivity index (χ1n) is 6.65. The molecule has 0 unspecified atom stereocenters. The molecule has 0 fully saturated rings. The van der Waals surface area contributed by atoms with E-state index in [4.69, 9.17) is 12.2 Å². The van der Waals surface area contributed by atoms with Gasteiger partial charge in [-0.15, -0.1) is 0 Å². The normalized spacial score (nSPS) is 11.3. The van der Waals surface area contributed by atoms with Crippen LogP contribution in [0.25, 0.3) is 27.8 Å². The fourth-order valence-corrected chi connectivity index (χ4v) is 2.86. The molecule has 1 N–H and O–H groups in total. The predicted molar refractivity (Wildman–Crippen MR) is 86.3 cm³/mol. The van der Waals surface area contributed by atoms with Crippen LogP contribution in [-0.4, -0.2) is 19.5 Å². The summed E-state index contributed by atoms with van der Waals surface area (Å²) in [5.41, 5.74) is 4.92. The van der Waals surface area contributed by atoms with Gasteiger partial charge in [0.1, 0.15) is 0 Å². The molecule has 3 heterocycles. The number of imidazole rings is 1. The fourth-order valence-electron chi connectivity index (χ4n) is 2.57. The van der Waals surface area contributed by atoms with Gasteiger partial charge in [-0.3, -0.25) is 9.55 Å². The number of H-pyrrole nitrogens is 1. The van der Waals surface area contributed by atoms with Crippen molar-refractivity contribution in [2.45, 2.75) is 6.92 Å². The topological polar surface area (TPSA) is 46.5 Å². The molecule has 0 bridgehead atoms. The Kier molecular flexibility index (Phi) is 2.62. The van der Waals surface area contributed by atoms with E-state index in [1.54, 1.807) is 12.4 Å². The second-order valence-electron chi connectivity index (χ2n) is 4.97. The monoisotopic (exact) mass is 292 g/mol. The second kappa shape index (κ2) is 4.49. The third-order valence-electron chi connectivity index (χ3n) is 3.63. The van der Waals surface area contributed by atoms with Crippen LogP contribution in [0.3, 0.4) is 0 Å². The fraction of sp³-hybridized carbons (Fsp3) is 0.0625. The Morgan fingerprint density at radius 2 is 2.00 bits per heavy atom. The zero-order valence-corrected chi connectivity index (χ0v) is 12.2. The van der Waals surface area contributed by atoms with E-state index in [1.165, 1.54) is 0 Å². The van der Waals surface area contributed by atoms with E-state index < -0.39 is 0 Å². The van der Waals surface area contributed by atoms with Gasteiger partial charge in [-0.1, -0.05) is 6.07 Å². The summed E-state index contributed by atoms with van der Waals surface area (Å²) in [6.45, 7) is 2.05. The minimum atomic E-state index is 0.648. The number of aromatic amines is 1. The van der Waals surface area contributed by atoms with Crippen molar-refractivity contribution >= 4 is 34.3 Å². The Bertz CT molecular complexity index is 1030. The van der Waals surface area contributed by atoms with E-state index in [0.29, 0.717) is 4.77 Å². The average Bonchev–Trinajstić information content (AvgIpc) is 2.84. The van der Waals surface area contributed by atoms with Crippen molar-refractivity contribution in [1.29, 1.82) is 0 Å². The lowest BCUT2D eigenvalue weighted by Crippen LogP contribution is -1.96. The average molecular weight is 292 g/mol. The molecule has 0 aliphatic carbocycles. The molecule has 4 rings (SSSR count). The highest BCUT2D eigenvalue weighted by Gasteiger charge is 2.09. The standard InChI is InChI=1S/C16H12N4S/c1-10-6-8-18-15-14(10)19-16(21)20(15)12-4-5-13-11(9-12)3-2-7-17-13/h2-9H,1H3,(H,19,21). The van der Waals surface area contributed by atoms with E-state index in [2.05, 4.69) is 21.0 Å². The molecular weight excluding hydrogens is 280 g/mol. The Balaban J connectivity index is 2.06. The minimum absolute atomic E-state index is 0.648. The summed E-state index contributed by atoms with van der Waals surface area (Å²) in [4.78, 5) is 12.1. The van der Waals surface area contributed by atoms with Crippen molar-refractivity contribution in [3.8, 4) is 5.69 Å². The summed E-state index contributed by atoms with van der Waals surface area (Å²) in [7, 11) is 0. The molecule has 0 spiro atoms. The van der Waals surface area contributed by atoms with Gasteiger partial charge in [-0.05, 0) is 55.0 Å². The second-order valence-corrected chi connectivity index (χ2v) is 5.36. The van der Waals surface area contributed by atoms with Crippen LogP contribution in [0.5, 0.6) is 0 Å². The lowest BCUT2D eigenvalue weighted by Gasteiger charge is -2.05. The molecule has 0 atom stereocenters. The van der Waals surface area contributed by atoms with Crippen LogP contribution in [0, 0.1) is 11.7 Å². The maximum atomic E-state index is 5.47. The highest BCUT2D eigenvalue weighted by molar-refractivity contribution is 7.71. The first-order chi connectivity index (χ1) is 10.2. The van der Waals surface area contributed by atoms with Crippen molar-refractivity contribution in [3.05, 3.63) is 59.1 Å². The summed E-state index contributed by atoms with van der Waals surface area (Å²) in [5, 5.41) is 1.08.